The second kappa shape index (κ2) is 5.01. The maximum atomic E-state index is 12.0. The molecule has 1 fully saturated rings. The lowest BCUT2D eigenvalue weighted by Crippen LogP contribution is -2.30. The Balaban J connectivity index is 2.31. The molecule has 4 nitrogen and oxygen atoms in total. The number of benzene rings is 1. The third-order valence-corrected chi connectivity index (χ3v) is 2.83. The number of phenols is 1. The zero-order valence-corrected chi connectivity index (χ0v) is 10.4. The molecule has 18 heavy (non-hydrogen) atoms. The molecule has 1 aliphatic rings. The largest absolute Gasteiger partial charge is 0.507 e. The molecule has 1 amide bonds. The highest BCUT2D eigenvalue weighted by molar-refractivity contribution is 7.80. The van der Waals surface area contributed by atoms with E-state index in [2.05, 4.69) is 11.9 Å². The van der Waals surface area contributed by atoms with E-state index in [-0.39, 0.29) is 11.7 Å². The number of carbonyl (C=O) groups is 1. The topological polar surface area (TPSA) is 52.6 Å². The van der Waals surface area contributed by atoms with Crippen molar-refractivity contribution in [3.05, 3.63) is 48.2 Å². The molecular weight excluding hydrogens is 248 g/mol. The highest BCUT2D eigenvalue weighted by atomic mass is 32.1. The number of phenolic OH excluding ortho intramolecular Hbond substituents is 1. The van der Waals surface area contributed by atoms with Crippen molar-refractivity contribution in [1.82, 2.24) is 10.2 Å². The lowest BCUT2D eigenvalue weighted by atomic mass is 10.1. The van der Waals surface area contributed by atoms with Crippen LogP contribution in [0.5, 0.6) is 5.75 Å². The van der Waals surface area contributed by atoms with Gasteiger partial charge in [0.25, 0.3) is 5.91 Å². The molecular formula is C13H12N2O2S. The van der Waals surface area contributed by atoms with Crippen LogP contribution in [0.3, 0.4) is 0 Å². The summed E-state index contributed by atoms with van der Waals surface area (Å²) < 4.78 is 0. The standard InChI is InChI=1S/C13H12N2O2S/c1-2-7-15-12(17)10(14-13(15)18)8-9-5-3-4-6-11(9)16/h2-6,8,16H,1,7H2,(H,14,18)/b10-8-. The van der Waals surface area contributed by atoms with Crippen LogP contribution < -0.4 is 5.32 Å². The average Bonchev–Trinajstić information content (AvgIpc) is 2.60. The number of hydrogen-bond acceptors (Lipinski definition) is 3. The van der Waals surface area contributed by atoms with Crippen molar-refractivity contribution < 1.29 is 9.90 Å². The first-order chi connectivity index (χ1) is 8.63. The van der Waals surface area contributed by atoms with E-state index in [1.54, 1.807) is 36.4 Å². The van der Waals surface area contributed by atoms with Crippen LogP contribution in [0.15, 0.2) is 42.6 Å². The molecule has 1 aromatic rings. The third-order valence-electron chi connectivity index (χ3n) is 2.51. The molecule has 2 N–H and O–H groups in total. The summed E-state index contributed by atoms with van der Waals surface area (Å²) in [5.74, 6) is -0.101. The number of aromatic hydroxyl groups is 1. The van der Waals surface area contributed by atoms with E-state index in [9.17, 15) is 9.90 Å². The van der Waals surface area contributed by atoms with E-state index >= 15 is 0 Å². The summed E-state index contributed by atoms with van der Waals surface area (Å²) in [6, 6.07) is 6.78. The molecule has 0 spiro atoms. The molecule has 0 atom stereocenters. The first-order valence-corrected chi connectivity index (χ1v) is 5.77. The van der Waals surface area contributed by atoms with Gasteiger partial charge < -0.3 is 10.4 Å². The summed E-state index contributed by atoms with van der Waals surface area (Å²) in [4.78, 5) is 13.4. The lowest BCUT2D eigenvalue weighted by Gasteiger charge is -2.09. The van der Waals surface area contributed by atoms with Crippen molar-refractivity contribution in [2.45, 2.75) is 0 Å². The van der Waals surface area contributed by atoms with Crippen molar-refractivity contribution in [2.24, 2.45) is 0 Å². The number of hydrogen-bond donors (Lipinski definition) is 2. The van der Waals surface area contributed by atoms with Gasteiger partial charge in [-0.3, -0.25) is 9.69 Å². The Kier molecular flexibility index (Phi) is 3.43. The van der Waals surface area contributed by atoms with E-state index in [0.29, 0.717) is 22.9 Å². The summed E-state index contributed by atoms with van der Waals surface area (Å²) >= 11 is 5.05. The molecule has 92 valence electrons. The van der Waals surface area contributed by atoms with Crippen LogP contribution in [0, 0.1) is 0 Å². The van der Waals surface area contributed by atoms with Gasteiger partial charge in [-0.1, -0.05) is 24.3 Å². The van der Waals surface area contributed by atoms with E-state index in [1.165, 1.54) is 4.90 Å². The maximum absolute atomic E-state index is 12.0. The van der Waals surface area contributed by atoms with Crippen LogP contribution >= 0.6 is 12.2 Å². The second-order valence-corrected chi connectivity index (χ2v) is 4.14. The molecule has 1 aliphatic heterocycles. The first-order valence-electron chi connectivity index (χ1n) is 5.37. The maximum Gasteiger partial charge on any atom is 0.276 e. The predicted molar refractivity (Wildman–Crippen MR) is 73.7 cm³/mol. The van der Waals surface area contributed by atoms with Gasteiger partial charge in [0, 0.05) is 12.1 Å². The molecule has 0 aromatic heterocycles. The van der Waals surface area contributed by atoms with Crippen LogP contribution in [0.1, 0.15) is 5.56 Å². The molecule has 1 heterocycles. The average molecular weight is 260 g/mol. The molecule has 0 aliphatic carbocycles. The Morgan fingerprint density at radius 3 is 2.83 bits per heavy atom. The van der Waals surface area contributed by atoms with Gasteiger partial charge in [0.05, 0.1) is 0 Å². The number of thiocarbonyl (C=S) groups is 1. The zero-order valence-electron chi connectivity index (χ0n) is 9.59. The van der Waals surface area contributed by atoms with Gasteiger partial charge in [-0.2, -0.15) is 0 Å². The van der Waals surface area contributed by atoms with Crippen molar-refractivity contribution in [3.63, 3.8) is 0 Å². The van der Waals surface area contributed by atoms with Gasteiger partial charge in [-0.05, 0) is 24.4 Å². The fourth-order valence-electron chi connectivity index (χ4n) is 1.63. The van der Waals surface area contributed by atoms with Crippen LogP contribution in [0.2, 0.25) is 0 Å². The van der Waals surface area contributed by atoms with E-state index in [0.717, 1.165) is 0 Å². The van der Waals surface area contributed by atoms with Crippen LogP contribution in [0.25, 0.3) is 6.08 Å². The molecule has 1 aromatic carbocycles. The number of rotatable bonds is 3. The number of amides is 1. The third kappa shape index (κ3) is 2.26. The van der Waals surface area contributed by atoms with E-state index in [4.69, 9.17) is 12.2 Å². The predicted octanol–water partition coefficient (Wildman–Crippen LogP) is 1.64. The highest BCUT2D eigenvalue weighted by Gasteiger charge is 2.29. The number of nitrogens with zero attached hydrogens (tertiary/aromatic N) is 1. The van der Waals surface area contributed by atoms with Crippen molar-refractivity contribution in [3.8, 4) is 5.75 Å². The zero-order chi connectivity index (χ0) is 13.1. The first kappa shape index (κ1) is 12.3. The summed E-state index contributed by atoms with van der Waals surface area (Å²) in [6.07, 6.45) is 3.18. The molecule has 1 saturated heterocycles. The summed E-state index contributed by atoms with van der Waals surface area (Å²) in [6.45, 7) is 3.94. The van der Waals surface area contributed by atoms with Crippen molar-refractivity contribution in [1.29, 1.82) is 0 Å². The fourth-order valence-corrected chi connectivity index (χ4v) is 1.90. The van der Waals surface area contributed by atoms with Crippen molar-refractivity contribution in [2.75, 3.05) is 6.54 Å². The van der Waals surface area contributed by atoms with Gasteiger partial charge in [0.1, 0.15) is 11.4 Å². The molecule has 0 saturated carbocycles. The smallest absolute Gasteiger partial charge is 0.276 e. The van der Waals surface area contributed by atoms with E-state index in [1.807, 2.05) is 0 Å². The highest BCUT2D eigenvalue weighted by Crippen LogP contribution is 2.20. The second-order valence-electron chi connectivity index (χ2n) is 3.75. The Morgan fingerprint density at radius 2 is 2.17 bits per heavy atom. The quantitative estimate of drug-likeness (QED) is 0.493. The minimum absolute atomic E-state index is 0.118. The molecule has 5 heteroatoms. The minimum Gasteiger partial charge on any atom is -0.507 e. The lowest BCUT2D eigenvalue weighted by molar-refractivity contribution is -0.122. The Morgan fingerprint density at radius 1 is 1.44 bits per heavy atom. The van der Waals surface area contributed by atoms with Crippen LogP contribution in [-0.4, -0.2) is 27.6 Å². The SMILES string of the molecule is C=CCN1C(=O)/C(=C/c2ccccc2O)NC1=S. The van der Waals surface area contributed by atoms with Gasteiger partial charge in [-0.15, -0.1) is 6.58 Å². The Labute approximate surface area is 110 Å². The minimum atomic E-state index is -0.219. The van der Waals surface area contributed by atoms with Gasteiger partial charge in [-0.25, -0.2) is 0 Å². The summed E-state index contributed by atoms with van der Waals surface area (Å²) in [7, 11) is 0. The van der Waals surface area contributed by atoms with Gasteiger partial charge in [0.2, 0.25) is 0 Å². The molecule has 0 radical (unpaired) electrons. The van der Waals surface area contributed by atoms with Crippen LogP contribution in [0.4, 0.5) is 0 Å². The summed E-state index contributed by atoms with van der Waals surface area (Å²) in [5, 5.41) is 12.8. The molecule has 0 bridgehead atoms. The normalized spacial score (nSPS) is 17.1. The monoisotopic (exact) mass is 260 g/mol. The molecule has 0 unspecified atom stereocenters. The number of carbonyl (C=O) groups excluding carboxylic acids is 1. The number of para-hydroxylation sites is 1. The van der Waals surface area contributed by atoms with Crippen LogP contribution in [-0.2, 0) is 4.79 Å². The van der Waals surface area contributed by atoms with Gasteiger partial charge in [0.15, 0.2) is 5.11 Å². The molecule has 2 rings (SSSR count). The van der Waals surface area contributed by atoms with Gasteiger partial charge >= 0.3 is 0 Å². The fraction of sp³-hybridized carbons (Fsp3) is 0.0769. The summed E-state index contributed by atoms with van der Waals surface area (Å²) in [5.41, 5.74) is 0.917. The van der Waals surface area contributed by atoms with Crippen molar-refractivity contribution >= 4 is 29.3 Å². The van der Waals surface area contributed by atoms with E-state index < -0.39 is 0 Å². The Bertz CT molecular complexity index is 552. The Hall–Kier alpha value is -2.14. The number of nitrogens with one attached hydrogen (secondary N) is 1.